The van der Waals surface area contributed by atoms with E-state index in [0.717, 1.165) is 17.7 Å². The lowest BCUT2D eigenvalue weighted by Crippen LogP contribution is -2.25. The summed E-state index contributed by atoms with van der Waals surface area (Å²) in [6, 6.07) is 3.83. The van der Waals surface area contributed by atoms with Crippen molar-refractivity contribution in [2.24, 2.45) is 0 Å². The van der Waals surface area contributed by atoms with Crippen LogP contribution >= 0.6 is 11.6 Å². The SMILES string of the molecule is COC(C)(C)CCOc1cc(CCl)cc(C)n1. The van der Waals surface area contributed by atoms with E-state index in [2.05, 4.69) is 4.98 Å². The van der Waals surface area contributed by atoms with E-state index in [1.807, 2.05) is 32.9 Å². The van der Waals surface area contributed by atoms with Gasteiger partial charge in [-0.3, -0.25) is 0 Å². The number of rotatable bonds is 6. The van der Waals surface area contributed by atoms with Crippen LogP contribution in [0.25, 0.3) is 0 Å². The van der Waals surface area contributed by atoms with Gasteiger partial charge in [0.05, 0.1) is 12.2 Å². The fraction of sp³-hybridized carbons (Fsp3) is 0.615. The number of aromatic nitrogens is 1. The highest BCUT2D eigenvalue weighted by Crippen LogP contribution is 2.17. The number of aryl methyl sites for hydroxylation is 1. The quantitative estimate of drug-likeness (QED) is 0.733. The molecule has 1 rings (SSSR count). The van der Waals surface area contributed by atoms with Crippen LogP contribution in [0.15, 0.2) is 12.1 Å². The van der Waals surface area contributed by atoms with Crippen LogP contribution in [-0.2, 0) is 10.6 Å². The van der Waals surface area contributed by atoms with E-state index >= 15 is 0 Å². The van der Waals surface area contributed by atoms with Crippen LogP contribution in [0.5, 0.6) is 5.88 Å². The van der Waals surface area contributed by atoms with Crippen LogP contribution in [0.4, 0.5) is 0 Å². The van der Waals surface area contributed by atoms with Crippen molar-refractivity contribution in [1.82, 2.24) is 4.98 Å². The van der Waals surface area contributed by atoms with E-state index in [0.29, 0.717) is 18.4 Å². The highest BCUT2D eigenvalue weighted by atomic mass is 35.5. The van der Waals surface area contributed by atoms with Crippen LogP contribution in [0.2, 0.25) is 0 Å². The zero-order chi connectivity index (χ0) is 12.9. The third-order valence-electron chi connectivity index (χ3n) is 2.65. The Morgan fingerprint density at radius 2 is 2.06 bits per heavy atom. The molecule has 0 N–H and O–H groups in total. The molecule has 0 saturated heterocycles. The van der Waals surface area contributed by atoms with Crippen molar-refractivity contribution in [2.75, 3.05) is 13.7 Å². The largest absolute Gasteiger partial charge is 0.478 e. The predicted molar refractivity (Wildman–Crippen MR) is 69.7 cm³/mol. The van der Waals surface area contributed by atoms with Crippen LogP contribution in [0.1, 0.15) is 31.5 Å². The summed E-state index contributed by atoms with van der Waals surface area (Å²) in [6.45, 7) is 6.58. The van der Waals surface area contributed by atoms with Gasteiger partial charge in [0.25, 0.3) is 0 Å². The molecule has 0 fully saturated rings. The Kier molecular flexibility index (Phi) is 5.22. The predicted octanol–water partition coefficient (Wildman–Crippen LogP) is 3.32. The fourth-order valence-corrected chi connectivity index (χ4v) is 1.52. The highest BCUT2D eigenvalue weighted by molar-refractivity contribution is 6.17. The molecule has 0 saturated carbocycles. The molecule has 3 nitrogen and oxygen atoms in total. The summed E-state index contributed by atoms with van der Waals surface area (Å²) in [7, 11) is 1.70. The first-order chi connectivity index (χ1) is 7.96. The lowest BCUT2D eigenvalue weighted by Gasteiger charge is -2.22. The first kappa shape index (κ1) is 14.3. The summed E-state index contributed by atoms with van der Waals surface area (Å²) in [4.78, 5) is 4.31. The average Bonchev–Trinajstić information content (AvgIpc) is 2.28. The number of pyridine rings is 1. The van der Waals surface area contributed by atoms with Crippen molar-refractivity contribution in [3.05, 3.63) is 23.4 Å². The molecule has 0 atom stereocenters. The van der Waals surface area contributed by atoms with Gasteiger partial charge >= 0.3 is 0 Å². The minimum atomic E-state index is -0.168. The van der Waals surface area contributed by atoms with Crippen molar-refractivity contribution < 1.29 is 9.47 Å². The molecule has 0 radical (unpaired) electrons. The van der Waals surface area contributed by atoms with Crippen molar-refractivity contribution in [1.29, 1.82) is 0 Å². The second-order valence-corrected chi connectivity index (χ2v) is 4.92. The molecule has 0 aliphatic heterocycles. The molecule has 96 valence electrons. The van der Waals surface area contributed by atoms with Crippen LogP contribution < -0.4 is 4.74 Å². The zero-order valence-electron chi connectivity index (χ0n) is 10.9. The maximum absolute atomic E-state index is 5.80. The first-order valence-electron chi connectivity index (χ1n) is 5.68. The topological polar surface area (TPSA) is 31.4 Å². The number of ether oxygens (including phenoxy) is 2. The molecule has 17 heavy (non-hydrogen) atoms. The van der Waals surface area contributed by atoms with Gasteiger partial charge in [0.15, 0.2) is 0 Å². The van der Waals surface area contributed by atoms with E-state index < -0.39 is 0 Å². The molecule has 0 aliphatic rings. The summed E-state index contributed by atoms with van der Waals surface area (Å²) >= 11 is 5.80. The number of methoxy groups -OCH3 is 1. The van der Waals surface area contributed by atoms with Crippen molar-refractivity contribution >= 4 is 11.6 Å². The van der Waals surface area contributed by atoms with Crippen LogP contribution in [0, 0.1) is 6.92 Å². The number of hydrogen-bond acceptors (Lipinski definition) is 3. The number of alkyl halides is 1. The van der Waals surface area contributed by atoms with Crippen LogP contribution in [0.3, 0.4) is 0 Å². The summed E-state index contributed by atoms with van der Waals surface area (Å²) in [6.07, 6.45) is 0.815. The molecular weight excluding hydrogens is 238 g/mol. The molecule has 0 aromatic carbocycles. The Balaban J connectivity index is 2.55. The van der Waals surface area contributed by atoms with Crippen molar-refractivity contribution in [3.8, 4) is 5.88 Å². The maximum atomic E-state index is 5.80. The van der Waals surface area contributed by atoms with Crippen LogP contribution in [-0.4, -0.2) is 24.3 Å². The lowest BCUT2D eigenvalue weighted by atomic mass is 10.1. The van der Waals surface area contributed by atoms with Gasteiger partial charge in [-0.2, -0.15) is 0 Å². The van der Waals surface area contributed by atoms with Gasteiger partial charge in [-0.25, -0.2) is 4.98 Å². The van der Waals surface area contributed by atoms with Gasteiger partial charge in [-0.05, 0) is 32.4 Å². The van der Waals surface area contributed by atoms with Crippen molar-refractivity contribution in [2.45, 2.75) is 38.7 Å². The van der Waals surface area contributed by atoms with E-state index in [4.69, 9.17) is 21.1 Å². The fourth-order valence-electron chi connectivity index (χ4n) is 1.36. The second kappa shape index (κ2) is 6.22. The first-order valence-corrected chi connectivity index (χ1v) is 6.22. The number of hydrogen-bond donors (Lipinski definition) is 0. The molecule has 0 aliphatic carbocycles. The standard InChI is InChI=1S/C13H20ClNO2/c1-10-7-11(9-14)8-12(15-10)17-6-5-13(2,3)16-4/h7-8H,5-6,9H2,1-4H3. The Hall–Kier alpha value is -0.800. The van der Waals surface area contributed by atoms with Gasteiger partial charge in [0.1, 0.15) is 0 Å². The monoisotopic (exact) mass is 257 g/mol. The van der Waals surface area contributed by atoms with Gasteiger partial charge in [0.2, 0.25) is 5.88 Å². The smallest absolute Gasteiger partial charge is 0.213 e. The lowest BCUT2D eigenvalue weighted by molar-refractivity contribution is 0.00507. The Bertz CT molecular complexity index is 366. The molecule has 1 aromatic rings. The Morgan fingerprint density at radius 1 is 1.35 bits per heavy atom. The molecule has 0 spiro atoms. The summed E-state index contributed by atoms with van der Waals surface area (Å²) < 4.78 is 10.9. The molecule has 0 unspecified atom stereocenters. The molecule has 0 bridgehead atoms. The van der Waals surface area contributed by atoms with E-state index in [9.17, 15) is 0 Å². The second-order valence-electron chi connectivity index (χ2n) is 4.65. The Labute approximate surface area is 108 Å². The van der Waals surface area contributed by atoms with Gasteiger partial charge < -0.3 is 9.47 Å². The normalized spacial score (nSPS) is 11.6. The summed E-state index contributed by atoms with van der Waals surface area (Å²) in [5.41, 5.74) is 1.78. The molecule has 1 heterocycles. The van der Waals surface area contributed by atoms with E-state index in [1.54, 1.807) is 7.11 Å². The zero-order valence-corrected chi connectivity index (χ0v) is 11.7. The van der Waals surface area contributed by atoms with Crippen molar-refractivity contribution in [3.63, 3.8) is 0 Å². The minimum Gasteiger partial charge on any atom is -0.478 e. The summed E-state index contributed by atoms with van der Waals surface area (Å²) in [5, 5.41) is 0. The third kappa shape index (κ3) is 4.92. The number of halogens is 1. The highest BCUT2D eigenvalue weighted by Gasteiger charge is 2.16. The minimum absolute atomic E-state index is 0.168. The molecular formula is C13H20ClNO2. The molecule has 4 heteroatoms. The van der Waals surface area contributed by atoms with Gasteiger partial charge in [0, 0.05) is 31.2 Å². The molecule has 1 aromatic heterocycles. The molecule has 0 amide bonds. The Morgan fingerprint density at radius 3 is 2.65 bits per heavy atom. The maximum Gasteiger partial charge on any atom is 0.213 e. The average molecular weight is 258 g/mol. The van der Waals surface area contributed by atoms with E-state index in [1.165, 1.54) is 0 Å². The summed E-state index contributed by atoms with van der Waals surface area (Å²) in [5.74, 6) is 1.11. The van der Waals surface area contributed by atoms with Gasteiger partial charge in [-0.1, -0.05) is 0 Å². The van der Waals surface area contributed by atoms with Gasteiger partial charge in [-0.15, -0.1) is 11.6 Å². The third-order valence-corrected chi connectivity index (χ3v) is 2.96. The van der Waals surface area contributed by atoms with E-state index in [-0.39, 0.29) is 5.60 Å². The number of nitrogens with zero attached hydrogens (tertiary/aromatic N) is 1.